The molecule has 0 heterocycles. The van der Waals surface area contributed by atoms with Gasteiger partial charge in [-0.25, -0.2) is 0 Å². The van der Waals surface area contributed by atoms with Crippen molar-refractivity contribution >= 4 is 11.6 Å². The highest BCUT2D eigenvalue weighted by Gasteiger charge is 2.30. The Morgan fingerprint density at radius 2 is 2.10 bits per heavy atom. The van der Waals surface area contributed by atoms with Crippen molar-refractivity contribution in [2.24, 2.45) is 0 Å². The van der Waals surface area contributed by atoms with Crippen molar-refractivity contribution in [1.29, 1.82) is 0 Å². The summed E-state index contributed by atoms with van der Waals surface area (Å²) in [5.74, 6) is -0.674. The van der Waals surface area contributed by atoms with E-state index in [0.29, 0.717) is 11.3 Å². The summed E-state index contributed by atoms with van der Waals surface area (Å²) >= 11 is 0. The summed E-state index contributed by atoms with van der Waals surface area (Å²) in [7, 11) is 0. The van der Waals surface area contributed by atoms with Gasteiger partial charge in [0.15, 0.2) is 0 Å². The maximum absolute atomic E-state index is 12.0. The van der Waals surface area contributed by atoms with Crippen LogP contribution in [0.15, 0.2) is 18.2 Å². The number of amides is 1. The van der Waals surface area contributed by atoms with Gasteiger partial charge in [-0.05, 0) is 31.0 Å². The zero-order valence-corrected chi connectivity index (χ0v) is 11.1. The lowest BCUT2D eigenvalue weighted by molar-refractivity contribution is -0.184. The van der Waals surface area contributed by atoms with Crippen LogP contribution in [0.4, 0.5) is 18.9 Å². The van der Waals surface area contributed by atoms with E-state index in [1.54, 1.807) is 25.1 Å². The number of halogens is 3. The molecule has 1 amide bonds. The largest absolute Gasteiger partial charge is 0.411 e. The minimum atomic E-state index is -4.47. The smallest absolute Gasteiger partial charge is 0.392 e. The Bertz CT molecular complexity index is 474. The van der Waals surface area contributed by atoms with Crippen LogP contribution in [0.2, 0.25) is 0 Å². The number of rotatable bonds is 5. The third-order valence-corrected chi connectivity index (χ3v) is 2.61. The fourth-order valence-electron chi connectivity index (χ4n) is 1.43. The second-order valence-corrected chi connectivity index (χ2v) is 4.37. The van der Waals surface area contributed by atoms with Crippen molar-refractivity contribution in [2.45, 2.75) is 32.7 Å². The number of aliphatic hydroxyl groups excluding tert-OH is 1. The molecule has 0 aromatic heterocycles. The molecule has 1 unspecified atom stereocenters. The zero-order valence-electron chi connectivity index (χ0n) is 11.1. The number of nitrogens with one attached hydrogen (secondary N) is 1. The molecule has 0 saturated heterocycles. The third-order valence-electron chi connectivity index (χ3n) is 2.61. The van der Waals surface area contributed by atoms with Gasteiger partial charge in [0, 0.05) is 5.69 Å². The molecule has 4 nitrogen and oxygen atoms in total. The highest BCUT2D eigenvalue weighted by molar-refractivity contribution is 5.94. The molecule has 0 aliphatic carbocycles. The van der Waals surface area contributed by atoms with Crippen LogP contribution in [-0.2, 0) is 16.1 Å². The zero-order chi connectivity index (χ0) is 15.3. The molecule has 0 aliphatic rings. The standard InChI is InChI=1S/C13H16F3NO3/c1-8-3-4-10(6-18)5-11(8)17-12(19)9(2)20-7-13(14,15)16/h3-5,9,18H,6-7H2,1-2H3,(H,17,19). The number of hydrogen-bond acceptors (Lipinski definition) is 3. The fraction of sp³-hybridized carbons (Fsp3) is 0.462. The molecule has 1 aromatic carbocycles. The van der Waals surface area contributed by atoms with E-state index in [4.69, 9.17) is 5.11 Å². The number of hydrogen-bond donors (Lipinski definition) is 2. The van der Waals surface area contributed by atoms with Crippen LogP contribution in [0, 0.1) is 6.92 Å². The Kier molecular flexibility index (Phi) is 5.52. The van der Waals surface area contributed by atoms with Gasteiger partial charge in [0.2, 0.25) is 0 Å². The van der Waals surface area contributed by atoms with E-state index in [1.807, 2.05) is 0 Å². The lowest BCUT2D eigenvalue weighted by atomic mass is 10.1. The number of anilines is 1. The molecule has 112 valence electrons. The molecule has 0 fully saturated rings. The summed E-state index contributed by atoms with van der Waals surface area (Å²) in [6.45, 7) is 1.31. The lowest BCUT2D eigenvalue weighted by Crippen LogP contribution is -2.31. The Hall–Kier alpha value is -1.60. The van der Waals surface area contributed by atoms with Gasteiger partial charge in [-0.1, -0.05) is 12.1 Å². The Labute approximate surface area is 114 Å². The molecule has 0 bridgehead atoms. The topological polar surface area (TPSA) is 58.6 Å². The Balaban J connectivity index is 2.66. The molecule has 0 aliphatic heterocycles. The van der Waals surface area contributed by atoms with Gasteiger partial charge >= 0.3 is 6.18 Å². The van der Waals surface area contributed by atoms with E-state index in [-0.39, 0.29) is 6.61 Å². The molecule has 0 radical (unpaired) electrons. The maximum atomic E-state index is 12.0. The van der Waals surface area contributed by atoms with Crippen LogP contribution in [-0.4, -0.2) is 29.9 Å². The van der Waals surface area contributed by atoms with Gasteiger partial charge in [-0.2, -0.15) is 13.2 Å². The Morgan fingerprint density at radius 1 is 1.45 bits per heavy atom. The predicted molar refractivity (Wildman–Crippen MR) is 67.2 cm³/mol. The van der Waals surface area contributed by atoms with Crippen molar-refractivity contribution in [1.82, 2.24) is 0 Å². The van der Waals surface area contributed by atoms with Gasteiger partial charge in [-0.3, -0.25) is 4.79 Å². The van der Waals surface area contributed by atoms with Crippen molar-refractivity contribution in [2.75, 3.05) is 11.9 Å². The molecule has 1 aromatic rings. The van der Waals surface area contributed by atoms with Crippen molar-refractivity contribution in [3.8, 4) is 0 Å². The van der Waals surface area contributed by atoms with Crippen LogP contribution >= 0.6 is 0 Å². The first-order valence-electron chi connectivity index (χ1n) is 5.92. The SMILES string of the molecule is Cc1ccc(CO)cc1NC(=O)C(C)OCC(F)(F)F. The second kappa shape index (κ2) is 6.71. The van der Waals surface area contributed by atoms with Crippen LogP contribution in [0.1, 0.15) is 18.1 Å². The third kappa shape index (κ3) is 5.18. The van der Waals surface area contributed by atoms with E-state index in [9.17, 15) is 18.0 Å². The number of carbonyl (C=O) groups is 1. The normalized spacial score (nSPS) is 13.1. The minimum Gasteiger partial charge on any atom is -0.392 e. The first-order chi connectivity index (χ1) is 9.23. The highest BCUT2D eigenvalue weighted by Crippen LogP contribution is 2.19. The number of aryl methyl sites for hydroxylation is 1. The molecular weight excluding hydrogens is 275 g/mol. The monoisotopic (exact) mass is 291 g/mol. The van der Waals surface area contributed by atoms with Crippen LogP contribution in [0.5, 0.6) is 0 Å². The van der Waals surface area contributed by atoms with E-state index in [1.165, 1.54) is 6.92 Å². The summed E-state index contributed by atoms with van der Waals surface area (Å²) in [6.07, 6.45) is -5.70. The van der Waals surface area contributed by atoms with Crippen LogP contribution in [0.3, 0.4) is 0 Å². The van der Waals surface area contributed by atoms with Gasteiger partial charge in [0.25, 0.3) is 5.91 Å². The average Bonchev–Trinajstić information content (AvgIpc) is 2.37. The number of carbonyl (C=O) groups excluding carboxylic acids is 1. The summed E-state index contributed by atoms with van der Waals surface area (Å²) < 4.78 is 40.4. The molecule has 0 spiro atoms. The van der Waals surface area contributed by atoms with E-state index in [0.717, 1.165) is 5.56 Å². The van der Waals surface area contributed by atoms with Gasteiger partial charge < -0.3 is 15.2 Å². The minimum absolute atomic E-state index is 0.191. The second-order valence-electron chi connectivity index (χ2n) is 4.37. The van der Waals surface area contributed by atoms with E-state index in [2.05, 4.69) is 10.1 Å². The van der Waals surface area contributed by atoms with Crippen molar-refractivity contribution in [3.63, 3.8) is 0 Å². The van der Waals surface area contributed by atoms with E-state index >= 15 is 0 Å². The first kappa shape index (κ1) is 16.5. The Morgan fingerprint density at radius 3 is 2.65 bits per heavy atom. The molecule has 7 heteroatoms. The maximum Gasteiger partial charge on any atom is 0.411 e. The first-order valence-corrected chi connectivity index (χ1v) is 5.92. The lowest BCUT2D eigenvalue weighted by Gasteiger charge is -2.16. The average molecular weight is 291 g/mol. The summed E-state index contributed by atoms with van der Waals surface area (Å²) in [5, 5.41) is 11.5. The quantitative estimate of drug-likeness (QED) is 0.875. The number of ether oxygens (including phenoxy) is 1. The number of benzene rings is 1. The summed E-state index contributed by atoms with van der Waals surface area (Å²) in [5.41, 5.74) is 1.76. The van der Waals surface area contributed by atoms with Gasteiger partial charge in [0.1, 0.15) is 12.7 Å². The molecular formula is C13H16F3NO3. The van der Waals surface area contributed by atoms with Crippen molar-refractivity contribution in [3.05, 3.63) is 29.3 Å². The fourth-order valence-corrected chi connectivity index (χ4v) is 1.43. The predicted octanol–water partition coefficient (Wildman–Crippen LogP) is 2.39. The molecule has 20 heavy (non-hydrogen) atoms. The number of alkyl halides is 3. The highest BCUT2D eigenvalue weighted by atomic mass is 19.4. The van der Waals surface area contributed by atoms with Crippen molar-refractivity contribution < 1.29 is 27.8 Å². The number of aliphatic hydroxyl groups is 1. The van der Waals surface area contributed by atoms with Gasteiger partial charge in [-0.15, -0.1) is 0 Å². The molecule has 1 atom stereocenters. The molecule has 0 saturated carbocycles. The molecule has 2 N–H and O–H groups in total. The van der Waals surface area contributed by atoms with Crippen LogP contribution in [0.25, 0.3) is 0 Å². The van der Waals surface area contributed by atoms with Crippen LogP contribution < -0.4 is 5.32 Å². The summed E-state index contributed by atoms with van der Waals surface area (Å²) in [6, 6.07) is 4.95. The summed E-state index contributed by atoms with van der Waals surface area (Å²) in [4.78, 5) is 11.7. The van der Waals surface area contributed by atoms with E-state index < -0.39 is 24.8 Å². The molecule has 1 rings (SSSR count). The van der Waals surface area contributed by atoms with Gasteiger partial charge in [0.05, 0.1) is 6.61 Å².